The summed E-state index contributed by atoms with van der Waals surface area (Å²) in [6, 6.07) is 22.6. The van der Waals surface area contributed by atoms with Crippen LogP contribution in [0.5, 0.6) is 11.5 Å². The quantitative estimate of drug-likeness (QED) is 0.286. The van der Waals surface area contributed by atoms with Crippen molar-refractivity contribution in [1.29, 1.82) is 0 Å². The minimum atomic E-state index is -0.366. The van der Waals surface area contributed by atoms with Crippen LogP contribution in [0.15, 0.2) is 78.9 Å². The van der Waals surface area contributed by atoms with Gasteiger partial charge in [-0.2, -0.15) is 0 Å². The van der Waals surface area contributed by atoms with Gasteiger partial charge in [-0.1, -0.05) is 42.5 Å². The first kappa shape index (κ1) is 26.4. The molecule has 1 heterocycles. The predicted molar refractivity (Wildman–Crippen MR) is 151 cm³/mol. The molecule has 4 aromatic carbocycles. The van der Waals surface area contributed by atoms with Gasteiger partial charge in [-0.05, 0) is 36.1 Å². The SMILES string of the molecule is COc1cc(NC(=O)c2ccccc2)c(OC)cc1NC(=O)CCCN1C(=O)c2cccc3cccc(c23)C1=O. The van der Waals surface area contributed by atoms with E-state index in [1.807, 2.05) is 18.2 Å². The third-order valence-electron chi connectivity index (χ3n) is 6.72. The number of anilines is 2. The molecule has 4 amide bonds. The lowest BCUT2D eigenvalue weighted by molar-refractivity contribution is -0.116. The normalized spacial score (nSPS) is 12.3. The van der Waals surface area contributed by atoms with Gasteiger partial charge in [0.1, 0.15) is 11.5 Å². The zero-order valence-electron chi connectivity index (χ0n) is 22.0. The number of ether oxygens (including phenoxy) is 2. The zero-order chi connectivity index (χ0) is 28.2. The Bertz CT molecular complexity index is 1580. The van der Waals surface area contributed by atoms with Gasteiger partial charge in [0.15, 0.2) is 0 Å². The van der Waals surface area contributed by atoms with Gasteiger partial charge < -0.3 is 20.1 Å². The summed E-state index contributed by atoms with van der Waals surface area (Å²) in [5, 5.41) is 7.10. The molecule has 0 atom stereocenters. The standard InChI is InChI=1S/C31H27N3O6/c1-39-25-18-24(33-29(36)20-9-4-3-5-10-20)26(40-2)17-23(25)32-27(35)15-8-16-34-30(37)21-13-6-11-19-12-7-14-22(28(19)21)31(34)38/h3-7,9-14,17-18H,8,15-16H2,1-2H3,(H,32,35)(H,33,36). The second kappa shape index (κ2) is 11.3. The molecule has 1 aliphatic rings. The molecule has 0 radical (unpaired) electrons. The largest absolute Gasteiger partial charge is 0.494 e. The lowest BCUT2D eigenvalue weighted by Crippen LogP contribution is -2.41. The van der Waals surface area contributed by atoms with Crippen LogP contribution < -0.4 is 20.1 Å². The Morgan fingerprint density at radius 3 is 1.90 bits per heavy atom. The maximum atomic E-state index is 13.1. The Kier molecular flexibility index (Phi) is 7.46. The number of nitrogens with one attached hydrogen (secondary N) is 2. The van der Waals surface area contributed by atoms with Gasteiger partial charge in [0, 0.05) is 47.2 Å². The van der Waals surface area contributed by atoms with Crippen LogP contribution in [-0.2, 0) is 4.79 Å². The first-order valence-corrected chi connectivity index (χ1v) is 12.7. The van der Waals surface area contributed by atoms with Gasteiger partial charge in [0.05, 0.1) is 25.6 Å². The fourth-order valence-corrected chi connectivity index (χ4v) is 4.77. The van der Waals surface area contributed by atoms with Crippen LogP contribution in [0.1, 0.15) is 43.9 Å². The predicted octanol–water partition coefficient (Wildman–Crippen LogP) is 5.12. The number of hydrogen-bond donors (Lipinski definition) is 2. The highest BCUT2D eigenvalue weighted by Crippen LogP contribution is 2.37. The molecule has 0 fully saturated rings. The van der Waals surface area contributed by atoms with E-state index in [9.17, 15) is 19.2 Å². The molecule has 0 saturated heterocycles. The summed E-state index contributed by atoms with van der Waals surface area (Å²) in [5.74, 6) is -0.732. The molecule has 5 rings (SSSR count). The summed E-state index contributed by atoms with van der Waals surface area (Å²) in [7, 11) is 2.91. The molecule has 9 heteroatoms. The second-order valence-corrected chi connectivity index (χ2v) is 9.20. The molecule has 0 aliphatic carbocycles. The summed E-state index contributed by atoms with van der Waals surface area (Å²) in [4.78, 5) is 52.8. The average molecular weight is 538 g/mol. The van der Waals surface area contributed by atoms with E-state index in [0.717, 1.165) is 5.39 Å². The lowest BCUT2D eigenvalue weighted by atomic mass is 9.94. The van der Waals surface area contributed by atoms with E-state index in [-0.39, 0.29) is 43.0 Å². The minimum Gasteiger partial charge on any atom is -0.494 e. The monoisotopic (exact) mass is 537 g/mol. The van der Waals surface area contributed by atoms with E-state index in [1.54, 1.807) is 60.7 Å². The molecule has 40 heavy (non-hydrogen) atoms. The number of rotatable bonds is 9. The van der Waals surface area contributed by atoms with E-state index < -0.39 is 0 Å². The second-order valence-electron chi connectivity index (χ2n) is 9.20. The Morgan fingerprint density at radius 1 is 0.750 bits per heavy atom. The Morgan fingerprint density at radius 2 is 1.32 bits per heavy atom. The third kappa shape index (κ3) is 5.09. The number of carbonyl (C=O) groups excluding carboxylic acids is 4. The molecule has 4 aromatic rings. The van der Waals surface area contributed by atoms with Gasteiger partial charge in [-0.25, -0.2) is 0 Å². The first-order chi connectivity index (χ1) is 19.4. The van der Waals surface area contributed by atoms with Crippen LogP contribution >= 0.6 is 0 Å². The van der Waals surface area contributed by atoms with E-state index >= 15 is 0 Å². The summed E-state index contributed by atoms with van der Waals surface area (Å²) in [6.07, 6.45) is 0.326. The highest BCUT2D eigenvalue weighted by Gasteiger charge is 2.32. The van der Waals surface area contributed by atoms with Gasteiger partial charge in [0.2, 0.25) is 5.91 Å². The maximum Gasteiger partial charge on any atom is 0.261 e. The van der Waals surface area contributed by atoms with E-state index in [4.69, 9.17) is 9.47 Å². The van der Waals surface area contributed by atoms with Crippen molar-refractivity contribution in [3.05, 3.63) is 95.6 Å². The third-order valence-corrected chi connectivity index (χ3v) is 6.72. The van der Waals surface area contributed by atoms with Crippen LogP contribution in [0.3, 0.4) is 0 Å². The number of nitrogens with zero attached hydrogens (tertiary/aromatic N) is 1. The van der Waals surface area contributed by atoms with Crippen molar-refractivity contribution in [1.82, 2.24) is 4.90 Å². The lowest BCUT2D eigenvalue weighted by Gasteiger charge is -2.27. The van der Waals surface area contributed by atoms with Crippen molar-refractivity contribution >= 4 is 45.8 Å². The van der Waals surface area contributed by atoms with Crippen LogP contribution in [0.2, 0.25) is 0 Å². The molecule has 0 aromatic heterocycles. The fourth-order valence-electron chi connectivity index (χ4n) is 4.77. The van der Waals surface area contributed by atoms with Gasteiger partial charge in [0.25, 0.3) is 17.7 Å². The average Bonchev–Trinajstić information content (AvgIpc) is 2.98. The molecular weight excluding hydrogens is 510 g/mol. The van der Waals surface area contributed by atoms with Crippen molar-refractivity contribution in [3.8, 4) is 11.5 Å². The molecule has 0 saturated carbocycles. The summed E-state index contributed by atoms with van der Waals surface area (Å²) in [6.45, 7) is 0.0979. The van der Waals surface area contributed by atoms with Crippen LogP contribution in [0.25, 0.3) is 10.8 Å². The van der Waals surface area contributed by atoms with E-state index in [1.165, 1.54) is 19.1 Å². The van der Waals surface area contributed by atoms with Gasteiger partial charge >= 0.3 is 0 Å². The van der Waals surface area contributed by atoms with Crippen LogP contribution in [0.4, 0.5) is 11.4 Å². The smallest absolute Gasteiger partial charge is 0.261 e. The number of carbonyl (C=O) groups is 4. The molecule has 202 valence electrons. The van der Waals surface area contributed by atoms with Crippen molar-refractivity contribution in [3.63, 3.8) is 0 Å². The molecule has 1 aliphatic heterocycles. The first-order valence-electron chi connectivity index (χ1n) is 12.7. The van der Waals surface area contributed by atoms with Gasteiger partial charge in [-0.3, -0.25) is 24.1 Å². The van der Waals surface area contributed by atoms with Crippen molar-refractivity contribution in [2.75, 3.05) is 31.4 Å². The summed E-state index contributed by atoms with van der Waals surface area (Å²) in [5.41, 5.74) is 2.17. The Labute approximate surface area is 230 Å². The van der Waals surface area contributed by atoms with Crippen LogP contribution in [0, 0.1) is 0 Å². The fraction of sp³-hybridized carbons (Fsp3) is 0.161. The number of hydrogen-bond acceptors (Lipinski definition) is 6. The molecular formula is C31H27N3O6. The van der Waals surface area contributed by atoms with Crippen molar-refractivity contribution < 1.29 is 28.7 Å². The van der Waals surface area contributed by atoms with E-state index in [0.29, 0.717) is 45.0 Å². The van der Waals surface area contributed by atoms with Crippen molar-refractivity contribution in [2.24, 2.45) is 0 Å². The number of imide groups is 1. The summed E-state index contributed by atoms with van der Waals surface area (Å²) < 4.78 is 10.9. The Balaban J connectivity index is 1.24. The topological polar surface area (TPSA) is 114 Å². The van der Waals surface area contributed by atoms with Gasteiger partial charge in [-0.15, -0.1) is 0 Å². The molecule has 2 N–H and O–H groups in total. The summed E-state index contributed by atoms with van der Waals surface area (Å²) >= 11 is 0. The van der Waals surface area contributed by atoms with Crippen LogP contribution in [-0.4, -0.2) is 49.3 Å². The van der Waals surface area contributed by atoms with Crippen molar-refractivity contribution in [2.45, 2.75) is 12.8 Å². The Hall–Kier alpha value is -5.18. The molecule has 9 nitrogen and oxygen atoms in total. The highest BCUT2D eigenvalue weighted by molar-refractivity contribution is 6.25. The molecule has 0 bridgehead atoms. The molecule has 0 unspecified atom stereocenters. The zero-order valence-corrected chi connectivity index (χ0v) is 22.0. The molecule has 0 spiro atoms. The number of methoxy groups -OCH3 is 2. The van der Waals surface area contributed by atoms with E-state index in [2.05, 4.69) is 10.6 Å². The number of benzene rings is 4. The maximum absolute atomic E-state index is 13.1. The number of amides is 4. The minimum absolute atomic E-state index is 0.0564. The highest BCUT2D eigenvalue weighted by atomic mass is 16.5.